The molecule has 0 amide bonds. The fraction of sp³-hybridized carbons (Fsp3) is 0.571. The van der Waals surface area contributed by atoms with Crippen LogP contribution in [0.5, 0.6) is 0 Å². The zero-order valence-corrected chi connectivity index (χ0v) is 20.7. The van der Waals surface area contributed by atoms with Crippen molar-refractivity contribution >= 4 is 0 Å². The number of fused-ring (bicyclic) bond motifs is 5. The van der Waals surface area contributed by atoms with E-state index in [0.29, 0.717) is 12.3 Å². The van der Waals surface area contributed by atoms with Gasteiger partial charge in [-0.3, -0.25) is 0 Å². The SMILES string of the molecule is CC1(C)C2CCC1(C)C1OC(OC(c3ccccc3C(F)(F)F)C(O)c3ccccc3C(F)(F)F)CC21. The van der Waals surface area contributed by atoms with Crippen molar-refractivity contribution in [3.05, 3.63) is 70.8 Å². The molecule has 3 nitrogen and oxygen atoms in total. The van der Waals surface area contributed by atoms with Gasteiger partial charge < -0.3 is 14.6 Å². The van der Waals surface area contributed by atoms with Crippen LogP contribution in [0, 0.1) is 22.7 Å². The third kappa shape index (κ3) is 4.17. The molecule has 37 heavy (non-hydrogen) atoms. The van der Waals surface area contributed by atoms with Crippen molar-refractivity contribution in [2.75, 3.05) is 0 Å². The predicted octanol–water partition coefficient (Wildman–Crippen LogP) is 7.70. The van der Waals surface area contributed by atoms with Crippen LogP contribution < -0.4 is 0 Å². The molecule has 9 heteroatoms. The summed E-state index contributed by atoms with van der Waals surface area (Å²) in [5.74, 6) is 0.491. The second kappa shape index (κ2) is 8.71. The fourth-order valence-corrected chi connectivity index (χ4v) is 7.23. The van der Waals surface area contributed by atoms with Gasteiger partial charge in [-0.1, -0.05) is 57.2 Å². The summed E-state index contributed by atoms with van der Waals surface area (Å²) >= 11 is 0. The summed E-state index contributed by atoms with van der Waals surface area (Å²) in [7, 11) is 0. The van der Waals surface area contributed by atoms with Gasteiger partial charge in [-0.2, -0.15) is 26.3 Å². The van der Waals surface area contributed by atoms with Gasteiger partial charge in [0.05, 0.1) is 17.2 Å². The molecule has 1 saturated heterocycles. The Labute approximate surface area is 211 Å². The number of benzene rings is 2. The minimum atomic E-state index is -4.81. The first-order chi connectivity index (χ1) is 17.2. The zero-order chi connectivity index (χ0) is 27.0. The molecule has 0 radical (unpaired) electrons. The number of halogens is 6. The van der Waals surface area contributed by atoms with Crippen LogP contribution in [0.2, 0.25) is 0 Å². The van der Waals surface area contributed by atoms with Gasteiger partial charge in [0.25, 0.3) is 0 Å². The quantitative estimate of drug-likeness (QED) is 0.404. The van der Waals surface area contributed by atoms with Gasteiger partial charge in [0, 0.05) is 6.42 Å². The first-order valence-electron chi connectivity index (χ1n) is 12.5. The molecule has 3 aliphatic rings. The van der Waals surface area contributed by atoms with Gasteiger partial charge in [0.15, 0.2) is 6.29 Å². The van der Waals surface area contributed by atoms with Crippen LogP contribution in [-0.2, 0) is 21.8 Å². The molecule has 7 unspecified atom stereocenters. The Bertz CT molecular complexity index is 1160. The van der Waals surface area contributed by atoms with Crippen molar-refractivity contribution in [3.8, 4) is 0 Å². The van der Waals surface area contributed by atoms with Crippen LogP contribution >= 0.6 is 0 Å². The molecule has 0 spiro atoms. The number of hydrogen-bond donors (Lipinski definition) is 1. The van der Waals surface area contributed by atoms with Crippen LogP contribution in [0.15, 0.2) is 48.5 Å². The van der Waals surface area contributed by atoms with Crippen LogP contribution in [0.3, 0.4) is 0 Å². The first-order valence-corrected chi connectivity index (χ1v) is 12.5. The summed E-state index contributed by atoms with van der Waals surface area (Å²) in [6, 6.07) is 8.83. The molecule has 2 aromatic rings. The molecule has 202 valence electrons. The van der Waals surface area contributed by atoms with Crippen molar-refractivity contribution < 1.29 is 40.9 Å². The van der Waals surface area contributed by atoms with Crippen molar-refractivity contribution in [3.63, 3.8) is 0 Å². The van der Waals surface area contributed by atoms with E-state index in [1.165, 1.54) is 18.2 Å². The van der Waals surface area contributed by atoms with Crippen molar-refractivity contribution in [1.82, 2.24) is 0 Å². The van der Waals surface area contributed by atoms with Crippen molar-refractivity contribution in [2.24, 2.45) is 22.7 Å². The molecule has 2 aromatic carbocycles. The summed E-state index contributed by atoms with van der Waals surface area (Å²) in [6.45, 7) is 6.58. The molecule has 3 fully saturated rings. The highest BCUT2D eigenvalue weighted by atomic mass is 19.4. The Morgan fingerprint density at radius 1 is 0.892 bits per heavy atom. The molecule has 0 aromatic heterocycles. The van der Waals surface area contributed by atoms with E-state index in [0.717, 1.165) is 43.2 Å². The molecule has 2 bridgehead atoms. The lowest BCUT2D eigenvalue weighted by atomic mass is 9.70. The third-order valence-corrected chi connectivity index (χ3v) is 9.41. The Balaban J connectivity index is 1.52. The van der Waals surface area contributed by atoms with Crippen LogP contribution in [0.25, 0.3) is 0 Å². The highest BCUT2D eigenvalue weighted by Gasteiger charge is 2.69. The van der Waals surface area contributed by atoms with Gasteiger partial charge in [-0.25, -0.2) is 0 Å². The average molecular weight is 529 g/mol. The molecule has 2 saturated carbocycles. The smallest absolute Gasteiger partial charge is 0.385 e. The Hall–Kier alpha value is -2.10. The molecule has 7 atom stereocenters. The summed E-state index contributed by atoms with van der Waals surface area (Å²) < 4.78 is 95.4. The van der Waals surface area contributed by atoms with Gasteiger partial charge in [-0.05, 0) is 58.8 Å². The average Bonchev–Trinajstić information content (AvgIpc) is 3.39. The Morgan fingerprint density at radius 2 is 1.43 bits per heavy atom. The summed E-state index contributed by atoms with van der Waals surface area (Å²) in [4.78, 5) is 0. The fourth-order valence-electron chi connectivity index (χ4n) is 7.23. The van der Waals surface area contributed by atoms with Crippen LogP contribution in [0.1, 0.15) is 74.5 Å². The van der Waals surface area contributed by atoms with E-state index in [9.17, 15) is 31.4 Å². The summed E-state index contributed by atoms with van der Waals surface area (Å²) in [5.41, 5.74) is -3.30. The van der Waals surface area contributed by atoms with Crippen molar-refractivity contribution in [2.45, 2.75) is 77.0 Å². The highest BCUT2D eigenvalue weighted by molar-refractivity contribution is 5.37. The largest absolute Gasteiger partial charge is 0.416 e. The van der Waals surface area contributed by atoms with E-state index in [1.54, 1.807) is 0 Å². The third-order valence-electron chi connectivity index (χ3n) is 9.41. The second-order valence-corrected chi connectivity index (χ2v) is 11.3. The molecule has 1 heterocycles. The second-order valence-electron chi connectivity index (χ2n) is 11.3. The lowest BCUT2D eigenvalue weighted by Gasteiger charge is -2.39. The molecular formula is C28H30F6O3. The van der Waals surface area contributed by atoms with Gasteiger partial charge >= 0.3 is 12.4 Å². The standard InChI is InChI=1S/C28H30F6O3/c1-25(2)18-12-13-26(25,3)24-17(18)14-21(37-24)36-23(16-9-5-7-11-20(16)28(32,33)34)22(35)15-8-4-6-10-19(15)27(29,30)31/h4-11,17-18,21-24,35H,12-14H2,1-3H3. The number of hydrogen-bond acceptors (Lipinski definition) is 3. The van der Waals surface area contributed by atoms with E-state index in [1.807, 2.05) is 0 Å². The molecule has 1 N–H and O–H groups in total. The highest BCUT2D eigenvalue weighted by Crippen LogP contribution is 2.71. The summed E-state index contributed by atoms with van der Waals surface area (Å²) in [6.07, 6.45) is -12.1. The number of ether oxygens (including phenoxy) is 2. The van der Waals surface area contributed by atoms with Crippen molar-refractivity contribution in [1.29, 1.82) is 0 Å². The normalized spacial score (nSPS) is 32.4. The maximum Gasteiger partial charge on any atom is 0.416 e. The Morgan fingerprint density at radius 3 is 2.00 bits per heavy atom. The van der Waals surface area contributed by atoms with Crippen LogP contribution in [0.4, 0.5) is 26.3 Å². The molecular weight excluding hydrogens is 498 g/mol. The first kappa shape index (κ1) is 26.5. The maximum atomic E-state index is 13.9. The van der Waals surface area contributed by atoms with Crippen LogP contribution in [-0.4, -0.2) is 17.5 Å². The molecule has 2 aliphatic carbocycles. The minimum Gasteiger partial charge on any atom is -0.385 e. The van der Waals surface area contributed by atoms with E-state index in [-0.39, 0.29) is 22.9 Å². The monoisotopic (exact) mass is 528 g/mol. The predicted molar refractivity (Wildman–Crippen MR) is 123 cm³/mol. The zero-order valence-electron chi connectivity index (χ0n) is 20.7. The lowest BCUT2D eigenvalue weighted by molar-refractivity contribution is -0.208. The van der Waals surface area contributed by atoms with E-state index in [4.69, 9.17) is 9.47 Å². The van der Waals surface area contributed by atoms with Gasteiger partial charge in [0.1, 0.15) is 12.2 Å². The number of alkyl halides is 6. The molecule has 1 aliphatic heterocycles. The topological polar surface area (TPSA) is 38.7 Å². The summed E-state index contributed by atoms with van der Waals surface area (Å²) in [5, 5.41) is 11.2. The maximum absolute atomic E-state index is 13.9. The van der Waals surface area contributed by atoms with E-state index in [2.05, 4.69) is 20.8 Å². The minimum absolute atomic E-state index is 0.0285. The number of aliphatic hydroxyl groups is 1. The number of aliphatic hydroxyl groups excluding tert-OH is 1. The molecule has 5 rings (SSSR count). The number of rotatable bonds is 5. The lowest BCUT2D eigenvalue weighted by Crippen LogP contribution is -2.38. The van der Waals surface area contributed by atoms with E-state index >= 15 is 0 Å². The van der Waals surface area contributed by atoms with Gasteiger partial charge in [0.2, 0.25) is 0 Å². The van der Waals surface area contributed by atoms with Gasteiger partial charge in [-0.15, -0.1) is 0 Å². The Kier molecular flexibility index (Phi) is 6.24. The van der Waals surface area contributed by atoms with E-state index < -0.39 is 53.1 Å².